The molecule has 1 saturated heterocycles. The van der Waals surface area contributed by atoms with Crippen LogP contribution in [0.15, 0.2) is 60.9 Å². The molecule has 1 aliphatic heterocycles. The highest BCUT2D eigenvalue weighted by Gasteiger charge is 2.18. The molecule has 4 aromatic rings. The molecule has 0 aliphatic carbocycles. The highest BCUT2D eigenvalue weighted by molar-refractivity contribution is 6.31. The second kappa shape index (κ2) is 12.1. The first kappa shape index (κ1) is 27.1. The Morgan fingerprint density at radius 1 is 1.10 bits per heavy atom. The molecule has 0 spiro atoms. The predicted molar refractivity (Wildman–Crippen MR) is 151 cm³/mol. The van der Waals surface area contributed by atoms with Crippen LogP contribution in [0.4, 0.5) is 27.5 Å². The molecule has 1 fully saturated rings. The second-order valence-electron chi connectivity index (χ2n) is 9.20. The maximum Gasteiger partial charge on any atom is 0.288 e. The molecule has 3 heterocycles. The number of aromatic nitrogens is 3. The summed E-state index contributed by atoms with van der Waals surface area (Å²) in [5.41, 5.74) is 9.61. The van der Waals surface area contributed by atoms with Crippen molar-refractivity contribution >= 4 is 40.6 Å². The van der Waals surface area contributed by atoms with E-state index in [1.54, 1.807) is 35.2 Å². The summed E-state index contributed by atoms with van der Waals surface area (Å²) in [6.45, 7) is 3.97. The van der Waals surface area contributed by atoms with E-state index >= 15 is 0 Å². The zero-order chi connectivity index (χ0) is 28.1. The Labute approximate surface area is 235 Å². The van der Waals surface area contributed by atoms with Gasteiger partial charge in [0.15, 0.2) is 11.6 Å². The number of benzene rings is 2. The van der Waals surface area contributed by atoms with E-state index in [0.29, 0.717) is 43.4 Å². The number of ether oxygens (including phenoxy) is 1. The van der Waals surface area contributed by atoms with Gasteiger partial charge in [0.05, 0.1) is 31.3 Å². The number of phenolic OH excluding ortho intramolecular Hbond substituents is 1. The van der Waals surface area contributed by atoms with Gasteiger partial charge in [0.1, 0.15) is 11.4 Å². The average molecular weight is 564 g/mol. The molecule has 0 saturated carbocycles. The predicted octanol–water partition coefficient (Wildman–Crippen LogP) is 4.61. The molecule has 206 valence electrons. The van der Waals surface area contributed by atoms with Crippen LogP contribution in [0.1, 0.15) is 27.2 Å². The number of morpholine rings is 1. The summed E-state index contributed by atoms with van der Waals surface area (Å²) in [5.74, 6) is -0.652. The van der Waals surface area contributed by atoms with Gasteiger partial charge in [-0.15, -0.1) is 0 Å². The molecular weight excluding hydrogens is 537 g/mol. The maximum atomic E-state index is 14.2. The summed E-state index contributed by atoms with van der Waals surface area (Å²) in [5, 5.41) is 13.6. The van der Waals surface area contributed by atoms with E-state index in [2.05, 4.69) is 31.1 Å². The van der Waals surface area contributed by atoms with E-state index in [0.717, 1.165) is 28.6 Å². The number of hydrazine groups is 1. The fourth-order valence-electron chi connectivity index (χ4n) is 4.30. The second-order valence-corrected chi connectivity index (χ2v) is 9.61. The number of phenols is 1. The summed E-state index contributed by atoms with van der Waals surface area (Å²) in [6, 6.07) is 14.2. The van der Waals surface area contributed by atoms with Gasteiger partial charge in [-0.3, -0.25) is 15.6 Å². The Balaban J connectivity index is 1.19. The number of pyridine rings is 1. The zero-order valence-electron chi connectivity index (χ0n) is 21.6. The fourth-order valence-corrected chi connectivity index (χ4v) is 4.63. The molecule has 12 heteroatoms. The molecule has 0 atom stereocenters. The van der Waals surface area contributed by atoms with Crippen molar-refractivity contribution in [3.05, 3.63) is 94.1 Å². The number of anilines is 4. The van der Waals surface area contributed by atoms with Crippen molar-refractivity contribution in [2.45, 2.75) is 13.3 Å². The number of aromatic hydroxyl groups is 1. The number of nitrogens with zero attached hydrogens (tertiary/aromatic N) is 4. The molecule has 5 rings (SSSR count). The Morgan fingerprint density at radius 2 is 1.93 bits per heavy atom. The number of rotatable bonds is 8. The van der Waals surface area contributed by atoms with Crippen molar-refractivity contribution in [3.8, 4) is 5.75 Å². The van der Waals surface area contributed by atoms with Gasteiger partial charge in [0.2, 0.25) is 5.95 Å². The summed E-state index contributed by atoms with van der Waals surface area (Å²) >= 11 is 6.59. The van der Waals surface area contributed by atoms with Crippen LogP contribution in [0, 0.1) is 12.7 Å². The Hall–Kier alpha value is -4.48. The fraction of sp³-hybridized carbons (Fsp3) is 0.214. The van der Waals surface area contributed by atoms with Crippen molar-refractivity contribution in [3.63, 3.8) is 0 Å². The van der Waals surface area contributed by atoms with E-state index in [1.165, 1.54) is 6.20 Å². The van der Waals surface area contributed by atoms with Gasteiger partial charge in [-0.1, -0.05) is 23.7 Å². The highest BCUT2D eigenvalue weighted by Crippen LogP contribution is 2.29. The van der Waals surface area contributed by atoms with Crippen molar-refractivity contribution < 1.29 is 19.0 Å². The standard InChI is InChI=1S/C28H27ClFN7O3/c1-17-11-20(14-23(29)22(17)13-18-3-2-4-21(38)12-18)33-19-5-6-25(31-15-19)27(39)35-36-28-32-16-24(30)26(34-28)37-7-9-40-10-8-37/h2-6,11-12,14-16,33,38H,7-10,13H2,1H3,(H,35,39)(H,32,34,36). The van der Waals surface area contributed by atoms with Gasteiger partial charge in [0, 0.05) is 23.8 Å². The lowest BCUT2D eigenvalue weighted by Gasteiger charge is -2.28. The molecule has 1 amide bonds. The first-order chi connectivity index (χ1) is 19.4. The van der Waals surface area contributed by atoms with E-state index in [-0.39, 0.29) is 23.2 Å². The number of hydrogen-bond donors (Lipinski definition) is 4. The minimum atomic E-state index is -0.550. The van der Waals surface area contributed by atoms with Gasteiger partial charge >= 0.3 is 0 Å². The van der Waals surface area contributed by atoms with Gasteiger partial charge in [-0.2, -0.15) is 4.98 Å². The van der Waals surface area contributed by atoms with Crippen molar-refractivity contribution in [1.82, 2.24) is 20.4 Å². The normalized spacial score (nSPS) is 13.1. The number of amides is 1. The van der Waals surface area contributed by atoms with E-state index in [9.17, 15) is 14.3 Å². The van der Waals surface area contributed by atoms with Crippen LogP contribution in [-0.4, -0.2) is 52.3 Å². The Bertz CT molecular complexity index is 1490. The van der Waals surface area contributed by atoms with Crippen molar-refractivity contribution in [2.75, 3.05) is 41.9 Å². The topological polar surface area (TPSA) is 125 Å². The SMILES string of the molecule is Cc1cc(Nc2ccc(C(=O)NNc3ncc(F)c(N4CCOCC4)n3)nc2)cc(Cl)c1Cc1cccc(O)c1. The zero-order valence-corrected chi connectivity index (χ0v) is 22.4. The van der Waals surface area contributed by atoms with Crippen LogP contribution in [0.2, 0.25) is 5.02 Å². The third-order valence-corrected chi connectivity index (χ3v) is 6.66. The largest absolute Gasteiger partial charge is 0.508 e. The smallest absolute Gasteiger partial charge is 0.288 e. The molecule has 0 radical (unpaired) electrons. The average Bonchev–Trinajstić information content (AvgIpc) is 2.95. The van der Waals surface area contributed by atoms with E-state index in [4.69, 9.17) is 16.3 Å². The van der Waals surface area contributed by atoms with Crippen LogP contribution >= 0.6 is 11.6 Å². The number of halogens is 2. The van der Waals surface area contributed by atoms with E-state index < -0.39 is 11.7 Å². The van der Waals surface area contributed by atoms with Crippen LogP contribution in [-0.2, 0) is 11.2 Å². The van der Waals surface area contributed by atoms with Crippen LogP contribution < -0.4 is 21.1 Å². The van der Waals surface area contributed by atoms with Gasteiger partial charge in [-0.05, 0) is 66.4 Å². The maximum absolute atomic E-state index is 14.2. The number of carbonyl (C=O) groups is 1. The quantitative estimate of drug-likeness (QED) is 0.227. The van der Waals surface area contributed by atoms with Gasteiger partial charge in [-0.25, -0.2) is 14.4 Å². The number of hydrogen-bond acceptors (Lipinski definition) is 9. The lowest BCUT2D eigenvalue weighted by molar-refractivity contribution is 0.0957. The molecule has 2 aromatic carbocycles. The lowest BCUT2D eigenvalue weighted by atomic mass is 9.99. The minimum Gasteiger partial charge on any atom is -0.508 e. The molecule has 0 unspecified atom stereocenters. The van der Waals surface area contributed by atoms with E-state index in [1.807, 2.05) is 25.1 Å². The molecule has 1 aliphatic rings. The summed E-state index contributed by atoms with van der Waals surface area (Å²) in [4.78, 5) is 26.6. The molecule has 2 aromatic heterocycles. The van der Waals surface area contributed by atoms with Crippen LogP contribution in [0.3, 0.4) is 0 Å². The third kappa shape index (κ3) is 6.56. The molecule has 10 nitrogen and oxygen atoms in total. The lowest BCUT2D eigenvalue weighted by Crippen LogP contribution is -2.38. The number of nitrogens with one attached hydrogen (secondary N) is 3. The van der Waals surface area contributed by atoms with Crippen molar-refractivity contribution in [2.24, 2.45) is 0 Å². The van der Waals surface area contributed by atoms with Gasteiger partial charge in [0.25, 0.3) is 5.91 Å². The third-order valence-electron chi connectivity index (χ3n) is 6.32. The Kier molecular flexibility index (Phi) is 8.23. The summed E-state index contributed by atoms with van der Waals surface area (Å²) in [6.07, 6.45) is 3.18. The monoisotopic (exact) mass is 563 g/mol. The van der Waals surface area contributed by atoms with Crippen molar-refractivity contribution in [1.29, 1.82) is 0 Å². The highest BCUT2D eigenvalue weighted by atomic mass is 35.5. The first-order valence-corrected chi connectivity index (χ1v) is 12.9. The molecule has 4 N–H and O–H groups in total. The van der Waals surface area contributed by atoms with Crippen LogP contribution in [0.25, 0.3) is 0 Å². The van der Waals surface area contributed by atoms with Crippen LogP contribution in [0.5, 0.6) is 5.75 Å². The number of carbonyl (C=O) groups excluding carboxylic acids is 1. The molecular formula is C28H27ClFN7O3. The summed E-state index contributed by atoms with van der Waals surface area (Å²) in [7, 11) is 0. The minimum absolute atomic E-state index is 0.0503. The first-order valence-electron chi connectivity index (χ1n) is 12.6. The molecule has 40 heavy (non-hydrogen) atoms. The summed E-state index contributed by atoms with van der Waals surface area (Å²) < 4.78 is 19.5. The van der Waals surface area contributed by atoms with Gasteiger partial charge < -0.3 is 20.1 Å². The Morgan fingerprint density at radius 3 is 2.65 bits per heavy atom. The number of aryl methyl sites for hydroxylation is 1. The molecule has 0 bridgehead atoms.